The van der Waals surface area contributed by atoms with Crippen LogP contribution in [0.3, 0.4) is 0 Å². The molecule has 0 aromatic carbocycles. The number of rotatable bonds is 6. The summed E-state index contributed by atoms with van der Waals surface area (Å²) in [6.07, 6.45) is 1.63. The van der Waals surface area contributed by atoms with Crippen LogP contribution < -0.4 is 5.32 Å². The molecule has 0 aliphatic rings. The molecule has 0 saturated heterocycles. The van der Waals surface area contributed by atoms with Gasteiger partial charge in [0.2, 0.25) is 5.91 Å². The minimum absolute atomic E-state index is 0.0543. The number of hydroxylamine groups is 3. The molecule has 18 heavy (non-hydrogen) atoms. The Hall–Kier alpha value is -0.610. The predicted octanol–water partition coefficient (Wildman–Crippen LogP) is 2.42. The molecule has 0 bridgehead atoms. The molecule has 0 radical (unpaired) electrons. The Kier molecular flexibility index (Phi) is 5.82. The van der Waals surface area contributed by atoms with Gasteiger partial charge < -0.3 is 5.32 Å². The van der Waals surface area contributed by atoms with E-state index < -0.39 is 0 Å². The van der Waals surface area contributed by atoms with Gasteiger partial charge in [-0.2, -0.15) is 4.65 Å². The highest BCUT2D eigenvalue weighted by molar-refractivity contribution is 5.81. The molecule has 0 aromatic rings. The van der Waals surface area contributed by atoms with Crippen LogP contribution in [0.4, 0.5) is 0 Å². The van der Waals surface area contributed by atoms with E-state index in [0.717, 1.165) is 12.8 Å². The zero-order chi connectivity index (χ0) is 14.6. The van der Waals surface area contributed by atoms with Gasteiger partial charge in [0.05, 0.1) is 14.1 Å². The smallest absolute Gasteiger partial charge is 0.225 e. The molecule has 0 aliphatic heterocycles. The summed E-state index contributed by atoms with van der Waals surface area (Å²) in [5.74, 6) is 0.0978. The Morgan fingerprint density at radius 2 is 1.67 bits per heavy atom. The normalized spacial score (nSPS) is 13.6. The molecule has 0 saturated carbocycles. The van der Waals surface area contributed by atoms with E-state index in [4.69, 9.17) is 0 Å². The lowest BCUT2D eigenvalue weighted by Gasteiger charge is -2.31. The van der Waals surface area contributed by atoms with E-state index in [1.54, 1.807) is 14.1 Å². The van der Waals surface area contributed by atoms with Gasteiger partial charge in [-0.05, 0) is 11.8 Å². The molecule has 1 amide bonds. The number of amides is 1. The Morgan fingerprint density at radius 1 is 1.17 bits per heavy atom. The lowest BCUT2D eigenvalue weighted by Crippen LogP contribution is -2.42. The SMILES string of the molecule is CC(C)(C)CC(C)(C)C(=O)NCCC[N+](C)(C)O. The first-order valence-corrected chi connectivity index (χ1v) is 6.68. The van der Waals surface area contributed by atoms with Crippen molar-refractivity contribution in [2.75, 3.05) is 27.2 Å². The molecule has 0 aliphatic carbocycles. The topological polar surface area (TPSA) is 49.3 Å². The van der Waals surface area contributed by atoms with Crippen LogP contribution in [-0.2, 0) is 4.79 Å². The van der Waals surface area contributed by atoms with E-state index in [9.17, 15) is 10.0 Å². The van der Waals surface area contributed by atoms with Crippen molar-refractivity contribution in [3.63, 3.8) is 0 Å². The fraction of sp³-hybridized carbons (Fsp3) is 0.929. The molecule has 4 heteroatoms. The van der Waals surface area contributed by atoms with E-state index in [1.807, 2.05) is 13.8 Å². The fourth-order valence-electron chi connectivity index (χ4n) is 2.31. The summed E-state index contributed by atoms with van der Waals surface area (Å²) < 4.78 is -0.0543. The summed E-state index contributed by atoms with van der Waals surface area (Å²) in [4.78, 5) is 12.1. The highest BCUT2D eigenvalue weighted by Gasteiger charge is 2.32. The fourth-order valence-corrected chi connectivity index (χ4v) is 2.31. The molecule has 0 heterocycles. The Bertz CT molecular complexity index is 272. The van der Waals surface area contributed by atoms with Gasteiger partial charge in [-0.1, -0.05) is 34.6 Å². The van der Waals surface area contributed by atoms with Crippen molar-refractivity contribution in [2.45, 2.75) is 47.5 Å². The minimum Gasteiger partial charge on any atom is -0.355 e. The third-order valence-electron chi connectivity index (χ3n) is 2.75. The number of hydrogen-bond acceptors (Lipinski definition) is 2. The van der Waals surface area contributed by atoms with Gasteiger partial charge >= 0.3 is 0 Å². The zero-order valence-corrected chi connectivity index (χ0v) is 13.1. The standard InChI is InChI=1S/C14H30N2O2/c1-13(2,3)11-14(4,5)12(17)15-9-8-10-16(6,7)18/h18H,8-11H2,1-7H3/p+1. The maximum absolute atomic E-state index is 12.1. The maximum Gasteiger partial charge on any atom is 0.225 e. The zero-order valence-electron chi connectivity index (χ0n) is 13.1. The van der Waals surface area contributed by atoms with Gasteiger partial charge in [-0.3, -0.25) is 4.79 Å². The lowest BCUT2D eigenvalue weighted by atomic mass is 9.76. The summed E-state index contributed by atoms with van der Waals surface area (Å²) in [6.45, 7) is 11.7. The van der Waals surface area contributed by atoms with Crippen molar-refractivity contribution in [2.24, 2.45) is 10.8 Å². The van der Waals surface area contributed by atoms with Crippen molar-refractivity contribution < 1.29 is 14.6 Å². The first-order valence-electron chi connectivity index (χ1n) is 6.68. The number of nitrogens with one attached hydrogen (secondary N) is 1. The van der Waals surface area contributed by atoms with Crippen LogP contribution in [0.5, 0.6) is 0 Å². The van der Waals surface area contributed by atoms with E-state index >= 15 is 0 Å². The van der Waals surface area contributed by atoms with Crippen molar-refractivity contribution >= 4 is 5.91 Å². The number of hydrogen-bond donors (Lipinski definition) is 2. The molecule has 0 fully saturated rings. The first kappa shape index (κ1) is 17.4. The Labute approximate surface area is 112 Å². The number of quaternary nitrogens is 1. The molecular formula is C14H31N2O2+. The molecule has 108 valence electrons. The number of nitrogens with zero attached hydrogens (tertiary/aromatic N) is 1. The van der Waals surface area contributed by atoms with E-state index in [1.165, 1.54) is 0 Å². The quantitative estimate of drug-likeness (QED) is 0.437. The van der Waals surface area contributed by atoms with Crippen molar-refractivity contribution in [1.82, 2.24) is 5.32 Å². The third-order valence-corrected chi connectivity index (χ3v) is 2.75. The lowest BCUT2D eigenvalue weighted by molar-refractivity contribution is -1.07. The molecule has 0 atom stereocenters. The average molecular weight is 259 g/mol. The number of carbonyl (C=O) groups excluding carboxylic acids is 1. The molecule has 0 rings (SSSR count). The monoisotopic (exact) mass is 259 g/mol. The van der Waals surface area contributed by atoms with E-state index in [-0.39, 0.29) is 21.4 Å². The summed E-state index contributed by atoms with van der Waals surface area (Å²) in [6, 6.07) is 0. The van der Waals surface area contributed by atoms with Crippen LogP contribution in [0.15, 0.2) is 0 Å². The average Bonchev–Trinajstić information content (AvgIpc) is 2.06. The van der Waals surface area contributed by atoms with Gasteiger partial charge in [-0.25, -0.2) is 5.21 Å². The largest absolute Gasteiger partial charge is 0.355 e. The van der Waals surface area contributed by atoms with Gasteiger partial charge in [0, 0.05) is 18.4 Å². The molecule has 2 N–H and O–H groups in total. The molecule has 0 spiro atoms. The second-order valence-electron chi connectivity index (χ2n) is 7.58. The highest BCUT2D eigenvalue weighted by Crippen LogP contribution is 2.33. The summed E-state index contributed by atoms with van der Waals surface area (Å²) in [5.41, 5.74) is -0.202. The summed E-state index contributed by atoms with van der Waals surface area (Å²) in [5, 5.41) is 12.5. The molecular weight excluding hydrogens is 228 g/mol. The van der Waals surface area contributed by atoms with Gasteiger partial charge in [0.25, 0.3) is 0 Å². The van der Waals surface area contributed by atoms with Crippen LogP contribution in [0.1, 0.15) is 47.5 Å². The predicted molar refractivity (Wildman–Crippen MR) is 74.2 cm³/mol. The molecule has 0 unspecified atom stereocenters. The second kappa shape index (κ2) is 6.02. The first-order chi connectivity index (χ1) is 7.83. The van der Waals surface area contributed by atoms with Crippen LogP contribution in [0, 0.1) is 10.8 Å². The summed E-state index contributed by atoms with van der Waals surface area (Å²) in [7, 11) is 3.46. The third kappa shape index (κ3) is 8.48. The Balaban J connectivity index is 4.09. The van der Waals surface area contributed by atoms with Crippen LogP contribution in [-0.4, -0.2) is 42.9 Å². The summed E-state index contributed by atoms with van der Waals surface area (Å²) >= 11 is 0. The van der Waals surface area contributed by atoms with Gasteiger partial charge in [-0.15, -0.1) is 0 Å². The molecule has 0 aromatic heterocycles. The van der Waals surface area contributed by atoms with Crippen molar-refractivity contribution in [3.8, 4) is 0 Å². The van der Waals surface area contributed by atoms with Crippen molar-refractivity contribution in [3.05, 3.63) is 0 Å². The van der Waals surface area contributed by atoms with Gasteiger partial charge in [0.15, 0.2) is 0 Å². The minimum atomic E-state index is -0.345. The Morgan fingerprint density at radius 3 is 2.06 bits per heavy atom. The van der Waals surface area contributed by atoms with E-state index in [0.29, 0.717) is 13.1 Å². The highest BCUT2D eigenvalue weighted by atomic mass is 16.5. The van der Waals surface area contributed by atoms with Crippen LogP contribution in [0.2, 0.25) is 0 Å². The van der Waals surface area contributed by atoms with Crippen molar-refractivity contribution in [1.29, 1.82) is 0 Å². The van der Waals surface area contributed by atoms with E-state index in [2.05, 4.69) is 26.1 Å². The maximum atomic E-state index is 12.1. The van der Waals surface area contributed by atoms with Crippen LogP contribution in [0.25, 0.3) is 0 Å². The number of carbonyl (C=O) groups is 1. The second-order valence-corrected chi connectivity index (χ2v) is 7.58. The van der Waals surface area contributed by atoms with Gasteiger partial charge in [0.1, 0.15) is 6.54 Å². The van der Waals surface area contributed by atoms with Crippen LogP contribution >= 0.6 is 0 Å². The molecule has 4 nitrogen and oxygen atoms in total.